The summed E-state index contributed by atoms with van der Waals surface area (Å²) in [5.74, 6) is 0.935. The van der Waals surface area contributed by atoms with Gasteiger partial charge in [-0.3, -0.25) is 14.0 Å². The van der Waals surface area contributed by atoms with Gasteiger partial charge in [0.2, 0.25) is 0 Å². The fraction of sp³-hybridized carbons (Fsp3) is 0.368. The van der Waals surface area contributed by atoms with E-state index in [2.05, 4.69) is 10.2 Å². The van der Waals surface area contributed by atoms with E-state index in [0.717, 1.165) is 24.3 Å². The van der Waals surface area contributed by atoms with Crippen molar-refractivity contribution in [3.05, 3.63) is 64.5 Å². The number of amides is 1. The van der Waals surface area contributed by atoms with Crippen molar-refractivity contribution in [2.75, 3.05) is 13.1 Å². The van der Waals surface area contributed by atoms with E-state index in [0.29, 0.717) is 25.2 Å². The second-order valence-electron chi connectivity index (χ2n) is 6.62. The highest BCUT2D eigenvalue weighted by atomic mass is 16.2. The van der Waals surface area contributed by atoms with Crippen LogP contribution < -0.4 is 5.56 Å². The van der Waals surface area contributed by atoms with Crippen molar-refractivity contribution in [2.45, 2.75) is 32.2 Å². The van der Waals surface area contributed by atoms with E-state index in [1.54, 1.807) is 16.8 Å². The lowest BCUT2D eigenvalue weighted by Gasteiger charge is -2.32. The Balaban J connectivity index is 1.57. The molecule has 1 fully saturated rings. The van der Waals surface area contributed by atoms with E-state index < -0.39 is 0 Å². The van der Waals surface area contributed by atoms with Crippen molar-refractivity contribution in [2.24, 2.45) is 0 Å². The van der Waals surface area contributed by atoms with Crippen molar-refractivity contribution in [1.82, 2.24) is 24.1 Å². The minimum Gasteiger partial charge on any atom is -0.338 e. The number of hydrogen-bond acceptors (Lipinski definition) is 4. The van der Waals surface area contributed by atoms with Crippen LogP contribution in [0.25, 0.3) is 5.65 Å². The van der Waals surface area contributed by atoms with Gasteiger partial charge in [-0.1, -0.05) is 6.07 Å². The quantitative estimate of drug-likeness (QED) is 0.723. The molecule has 26 heavy (non-hydrogen) atoms. The molecular weight excluding hydrogens is 330 g/mol. The van der Waals surface area contributed by atoms with Gasteiger partial charge in [0.05, 0.1) is 0 Å². The summed E-state index contributed by atoms with van der Waals surface area (Å²) in [5, 5.41) is 8.56. The molecule has 4 rings (SSSR count). The zero-order chi connectivity index (χ0) is 18.1. The Kier molecular flexibility index (Phi) is 4.28. The van der Waals surface area contributed by atoms with Gasteiger partial charge in [-0.15, -0.1) is 10.2 Å². The van der Waals surface area contributed by atoms with E-state index >= 15 is 0 Å². The number of pyridine rings is 2. The summed E-state index contributed by atoms with van der Waals surface area (Å²) >= 11 is 0. The molecule has 4 heterocycles. The third-order valence-electron chi connectivity index (χ3n) is 5.00. The molecule has 1 aliphatic rings. The Morgan fingerprint density at radius 3 is 2.92 bits per heavy atom. The monoisotopic (exact) mass is 351 g/mol. The van der Waals surface area contributed by atoms with Crippen LogP contribution in [0.1, 0.15) is 41.9 Å². The van der Waals surface area contributed by atoms with Gasteiger partial charge in [0.15, 0.2) is 5.65 Å². The Morgan fingerprint density at radius 2 is 2.12 bits per heavy atom. The molecule has 3 aromatic rings. The summed E-state index contributed by atoms with van der Waals surface area (Å²) in [6.45, 7) is 3.79. The zero-order valence-corrected chi connectivity index (χ0v) is 14.7. The predicted octanol–water partition coefficient (Wildman–Crippen LogP) is 1.93. The van der Waals surface area contributed by atoms with Gasteiger partial charge in [-0.25, -0.2) is 0 Å². The number of fused-ring (bicyclic) bond motifs is 1. The van der Waals surface area contributed by atoms with Crippen LogP contribution in [0.15, 0.2) is 47.5 Å². The van der Waals surface area contributed by atoms with Crippen LogP contribution in [0.4, 0.5) is 0 Å². The number of rotatable bonds is 3. The largest absolute Gasteiger partial charge is 0.338 e. The number of carbonyl (C=O) groups is 1. The fourth-order valence-electron chi connectivity index (χ4n) is 3.60. The lowest BCUT2D eigenvalue weighted by Crippen LogP contribution is -2.40. The average Bonchev–Trinajstić information content (AvgIpc) is 3.11. The zero-order valence-electron chi connectivity index (χ0n) is 14.7. The fourth-order valence-corrected chi connectivity index (χ4v) is 3.60. The van der Waals surface area contributed by atoms with Gasteiger partial charge in [0, 0.05) is 49.6 Å². The van der Waals surface area contributed by atoms with Crippen molar-refractivity contribution in [3.63, 3.8) is 0 Å². The minimum absolute atomic E-state index is 0.0936. The van der Waals surface area contributed by atoms with Gasteiger partial charge in [0.25, 0.3) is 11.5 Å². The second kappa shape index (κ2) is 6.74. The summed E-state index contributed by atoms with van der Waals surface area (Å²) in [6, 6.07) is 8.97. The average molecular weight is 351 g/mol. The molecule has 0 aromatic carbocycles. The van der Waals surface area contributed by atoms with Gasteiger partial charge in [0.1, 0.15) is 5.82 Å². The molecule has 1 aliphatic heterocycles. The van der Waals surface area contributed by atoms with Crippen LogP contribution >= 0.6 is 0 Å². The molecule has 0 saturated carbocycles. The molecule has 1 unspecified atom stereocenters. The normalized spacial score (nSPS) is 17.6. The van der Waals surface area contributed by atoms with Crippen LogP contribution in [-0.4, -0.2) is 43.1 Å². The Labute approximate surface area is 150 Å². The smallest absolute Gasteiger partial charge is 0.254 e. The molecule has 3 aromatic heterocycles. The SMILES string of the molecule is CCn1ccc(C(=O)N2CCCC(c3nnc4ccccn34)C2)cc1=O. The molecule has 134 valence electrons. The number of carbonyl (C=O) groups excluding carboxylic acids is 1. The van der Waals surface area contributed by atoms with Gasteiger partial charge in [-0.2, -0.15) is 0 Å². The molecule has 0 aliphatic carbocycles. The third-order valence-corrected chi connectivity index (χ3v) is 5.00. The molecule has 0 radical (unpaired) electrons. The van der Waals surface area contributed by atoms with E-state index in [-0.39, 0.29) is 17.4 Å². The molecule has 0 bridgehead atoms. The first-order chi connectivity index (χ1) is 12.7. The number of piperidine rings is 1. The molecule has 1 saturated heterocycles. The number of hydrogen-bond donors (Lipinski definition) is 0. The van der Waals surface area contributed by atoms with E-state index in [4.69, 9.17) is 0 Å². The predicted molar refractivity (Wildman–Crippen MR) is 97.2 cm³/mol. The maximum Gasteiger partial charge on any atom is 0.254 e. The summed E-state index contributed by atoms with van der Waals surface area (Å²) in [4.78, 5) is 26.7. The molecule has 0 N–H and O–H groups in total. The highest BCUT2D eigenvalue weighted by Crippen LogP contribution is 2.26. The topological polar surface area (TPSA) is 72.5 Å². The van der Waals surface area contributed by atoms with E-state index in [1.165, 1.54) is 6.07 Å². The van der Waals surface area contributed by atoms with Gasteiger partial charge in [-0.05, 0) is 38.0 Å². The Bertz CT molecular complexity index is 1010. The van der Waals surface area contributed by atoms with Crippen molar-refractivity contribution < 1.29 is 4.79 Å². The first-order valence-corrected chi connectivity index (χ1v) is 8.97. The molecule has 7 nitrogen and oxygen atoms in total. The van der Waals surface area contributed by atoms with Crippen molar-refractivity contribution in [1.29, 1.82) is 0 Å². The minimum atomic E-state index is -0.143. The van der Waals surface area contributed by atoms with Crippen molar-refractivity contribution in [3.8, 4) is 0 Å². The molecule has 0 spiro atoms. The summed E-state index contributed by atoms with van der Waals surface area (Å²) in [7, 11) is 0. The highest BCUT2D eigenvalue weighted by Gasteiger charge is 2.28. The third kappa shape index (κ3) is 2.89. The van der Waals surface area contributed by atoms with Crippen molar-refractivity contribution >= 4 is 11.6 Å². The highest BCUT2D eigenvalue weighted by molar-refractivity contribution is 5.94. The summed E-state index contributed by atoms with van der Waals surface area (Å²) < 4.78 is 3.57. The van der Waals surface area contributed by atoms with Crippen LogP contribution in [-0.2, 0) is 6.54 Å². The molecular formula is C19H21N5O2. The van der Waals surface area contributed by atoms with Gasteiger partial charge < -0.3 is 9.47 Å². The van der Waals surface area contributed by atoms with Crippen LogP contribution in [0.5, 0.6) is 0 Å². The number of nitrogens with zero attached hydrogens (tertiary/aromatic N) is 5. The Morgan fingerprint density at radius 1 is 1.23 bits per heavy atom. The lowest BCUT2D eigenvalue weighted by molar-refractivity contribution is 0.0703. The van der Waals surface area contributed by atoms with Crippen LogP contribution in [0, 0.1) is 0 Å². The molecule has 1 atom stereocenters. The van der Waals surface area contributed by atoms with E-state index in [9.17, 15) is 9.59 Å². The molecule has 1 amide bonds. The number of aromatic nitrogens is 4. The van der Waals surface area contributed by atoms with Gasteiger partial charge >= 0.3 is 0 Å². The first-order valence-electron chi connectivity index (χ1n) is 8.97. The Hall–Kier alpha value is -2.96. The van der Waals surface area contributed by atoms with Crippen LogP contribution in [0.3, 0.4) is 0 Å². The summed E-state index contributed by atoms with van der Waals surface area (Å²) in [5.41, 5.74) is 1.12. The first kappa shape index (κ1) is 16.5. The standard InChI is InChI=1S/C19H21N5O2/c1-2-22-11-8-14(12-17(22)25)19(26)23-9-5-6-15(13-23)18-21-20-16-7-3-4-10-24(16)18/h3-4,7-8,10-12,15H,2,5-6,9,13H2,1H3. The maximum atomic E-state index is 12.9. The molecule has 7 heteroatoms. The number of likely N-dealkylation sites (tertiary alicyclic amines) is 1. The maximum absolute atomic E-state index is 12.9. The second-order valence-corrected chi connectivity index (χ2v) is 6.62. The van der Waals surface area contributed by atoms with E-state index in [1.807, 2.05) is 40.6 Å². The number of aryl methyl sites for hydroxylation is 1. The van der Waals surface area contributed by atoms with Crippen LogP contribution in [0.2, 0.25) is 0 Å². The summed E-state index contributed by atoms with van der Waals surface area (Å²) in [6.07, 6.45) is 5.51. The lowest BCUT2D eigenvalue weighted by atomic mass is 9.96.